The summed E-state index contributed by atoms with van der Waals surface area (Å²) in [5, 5.41) is 10.8. The van der Waals surface area contributed by atoms with Gasteiger partial charge in [-0.2, -0.15) is 0 Å². The third kappa shape index (κ3) is 3.65. The molecule has 120 valence electrons. The highest BCUT2D eigenvalue weighted by Crippen LogP contribution is 2.24. The second kappa shape index (κ2) is 6.75. The summed E-state index contributed by atoms with van der Waals surface area (Å²) in [6.07, 6.45) is 4.05. The number of nitro groups is 1. The van der Waals surface area contributed by atoms with Crippen LogP contribution < -0.4 is 4.74 Å². The molecule has 0 aliphatic carbocycles. The van der Waals surface area contributed by atoms with Gasteiger partial charge in [-0.3, -0.25) is 10.1 Å². The van der Waals surface area contributed by atoms with Crippen LogP contribution >= 0.6 is 0 Å². The molecule has 1 aliphatic rings. The average molecular weight is 313 g/mol. The summed E-state index contributed by atoms with van der Waals surface area (Å²) in [7, 11) is 2.11. The first-order chi connectivity index (χ1) is 11.1. The largest absolute Gasteiger partial charge is 0.476 e. The average Bonchev–Trinajstić information content (AvgIpc) is 2.98. The van der Waals surface area contributed by atoms with E-state index in [1.54, 1.807) is 18.3 Å². The molecule has 1 aliphatic heterocycles. The Labute approximate surface area is 134 Å². The standard InChI is InChI=1S/C17H19N3O3/c1-19-9-3-6-16(19)12-23-17-8-7-14(11-18-17)13-4-2-5-15(10-13)20(21)22/h2,4-5,7-8,10-11,16H,3,6,9,12H2,1H3/t16-/m0/s1. The number of likely N-dealkylation sites (N-methyl/N-ethyl adjacent to an activating group) is 1. The zero-order valence-corrected chi connectivity index (χ0v) is 13.0. The molecule has 23 heavy (non-hydrogen) atoms. The van der Waals surface area contributed by atoms with Crippen molar-refractivity contribution in [3.05, 3.63) is 52.7 Å². The maximum atomic E-state index is 10.8. The van der Waals surface area contributed by atoms with Crippen LogP contribution in [0.2, 0.25) is 0 Å². The third-order valence-corrected chi connectivity index (χ3v) is 4.22. The summed E-state index contributed by atoms with van der Waals surface area (Å²) < 4.78 is 5.75. The molecule has 0 unspecified atom stereocenters. The Morgan fingerprint density at radius 2 is 2.22 bits per heavy atom. The van der Waals surface area contributed by atoms with Gasteiger partial charge in [-0.15, -0.1) is 0 Å². The first kappa shape index (κ1) is 15.4. The first-order valence-electron chi connectivity index (χ1n) is 7.67. The lowest BCUT2D eigenvalue weighted by atomic mass is 10.1. The Bertz CT molecular complexity index is 688. The quantitative estimate of drug-likeness (QED) is 0.626. The van der Waals surface area contributed by atoms with Crippen LogP contribution in [0.3, 0.4) is 0 Å². The van der Waals surface area contributed by atoms with Gasteiger partial charge in [0.2, 0.25) is 5.88 Å². The fourth-order valence-corrected chi connectivity index (χ4v) is 2.81. The van der Waals surface area contributed by atoms with Crippen LogP contribution in [-0.2, 0) is 0 Å². The molecule has 0 spiro atoms. The molecule has 0 radical (unpaired) electrons. The van der Waals surface area contributed by atoms with E-state index in [1.807, 2.05) is 18.2 Å². The van der Waals surface area contributed by atoms with Gasteiger partial charge in [0.15, 0.2) is 0 Å². The van der Waals surface area contributed by atoms with Crippen molar-refractivity contribution >= 4 is 5.69 Å². The Kier molecular flexibility index (Phi) is 4.52. The third-order valence-electron chi connectivity index (χ3n) is 4.22. The molecule has 3 rings (SSSR count). The maximum absolute atomic E-state index is 10.8. The highest BCUT2D eigenvalue weighted by Gasteiger charge is 2.21. The molecule has 1 saturated heterocycles. The molecule has 1 aromatic heterocycles. The predicted octanol–water partition coefficient (Wildman–Crippen LogP) is 3.13. The van der Waals surface area contributed by atoms with Crippen molar-refractivity contribution in [3.63, 3.8) is 0 Å². The first-order valence-corrected chi connectivity index (χ1v) is 7.67. The Morgan fingerprint density at radius 1 is 1.35 bits per heavy atom. The molecule has 0 N–H and O–H groups in total. The summed E-state index contributed by atoms with van der Waals surface area (Å²) in [4.78, 5) is 17.1. The lowest BCUT2D eigenvalue weighted by molar-refractivity contribution is -0.384. The molecule has 6 nitrogen and oxygen atoms in total. The van der Waals surface area contributed by atoms with Gasteiger partial charge in [-0.05, 0) is 38.1 Å². The summed E-state index contributed by atoms with van der Waals surface area (Å²) in [5.41, 5.74) is 1.68. The number of aromatic nitrogens is 1. The molecule has 1 fully saturated rings. The number of hydrogen-bond acceptors (Lipinski definition) is 5. The molecule has 1 aromatic carbocycles. The maximum Gasteiger partial charge on any atom is 0.270 e. The van der Waals surface area contributed by atoms with E-state index in [2.05, 4.69) is 16.9 Å². The van der Waals surface area contributed by atoms with Crippen molar-refractivity contribution < 1.29 is 9.66 Å². The van der Waals surface area contributed by atoms with Crippen molar-refractivity contribution in [2.24, 2.45) is 0 Å². The number of ether oxygens (including phenoxy) is 1. The number of rotatable bonds is 5. The van der Waals surface area contributed by atoms with E-state index in [0.717, 1.165) is 24.1 Å². The van der Waals surface area contributed by atoms with Crippen molar-refractivity contribution in [2.45, 2.75) is 18.9 Å². The van der Waals surface area contributed by atoms with Crippen molar-refractivity contribution in [3.8, 4) is 17.0 Å². The number of hydrogen-bond donors (Lipinski definition) is 0. The van der Waals surface area contributed by atoms with E-state index in [9.17, 15) is 10.1 Å². The smallest absolute Gasteiger partial charge is 0.270 e. The summed E-state index contributed by atoms with van der Waals surface area (Å²) >= 11 is 0. The molecule has 1 atom stereocenters. The number of likely N-dealkylation sites (tertiary alicyclic amines) is 1. The number of nitro benzene ring substituents is 1. The van der Waals surface area contributed by atoms with Gasteiger partial charge in [0.25, 0.3) is 5.69 Å². The fourth-order valence-electron chi connectivity index (χ4n) is 2.81. The van der Waals surface area contributed by atoms with E-state index in [0.29, 0.717) is 18.5 Å². The summed E-state index contributed by atoms with van der Waals surface area (Å²) in [6.45, 7) is 1.76. The van der Waals surface area contributed by atoms with E-state index in [1.165, 1.54) is 12.5 Å². The summed E-state index contributed by atoms with van der Waals surface area (Å²) in [6, 6.07) is 10.7. The van der Waals surface area contributed by atoms with Crippen LogP contribution in [0.5, 0.6) is 5.88 Å². The number of nitrogens with zero attached hydrogens (tertiary/aromatic N) is 3. The minimum Gasteiger partial charge on any atom is -0.476 e. The fraction of sp³-hybridized carbons (Fsp3) is 0.353. The molecule has 6 heteroatoms. The van der Waals surface area contributed by atoms with Gasteiger partial charge in [0.1, 0.15) is 6.61 Å². The highest BCUT2D eigenvalue weighted by atomic mass is 16.6. The van der Waals surface area contributed by atoms with Crippen LogP contribution in [0.15, 0.2) is 42.6 Å². The Morgan fingerprint density at radius 3 is 2.87 bits per heavy atom. The second-order valence-electron chi connectivity index (χ2n) is 5.78. The van der Waals surface area contributed by atoms with E-state index >= 15 is 0 Å². The minimum atomic E-state index is -0.396. The zero-order chi connectivity index (χ0) is 16.2. The van der Waals surface area contributed by atoms with Crippen LogP contribution in [0.25, 0.3) is 11.1 Å². The van der Waals surface area contributed by atoms with Gasteiger partial charge in [0, 0.05) is 36.0 Å². The van der Waals surface area contributed by atoms with Gasteiger partial charge in [0.05, 0.1) is 4.92 Å². The van der Waals surface area contributed by atoms with Crippen LogP contribution in [0.1, 0.15) is 12.8 Å². The van der Waals surface area contributed by atoms with Crippen LogP contribution in [0, 0.1) is 10.1 Å². The van der Waals surface area contributed by atoms with Gasteiger partial charge >= 0.3 is 0 Å². The second-order valence-corrected chi connectivity index (χ2v) is 5.78. The topological polar surface area (TPSA) is 68.5 Å². The number of pyridine rings is 1. The van der Waals surface area contributed by atoms with Gasteiger partial charge in [-0.1, -0.05) is 12.1 Å². The van der Waals surface area contributed by atoms with Crippen molar-refractivity contribution in [2.75, 3.05) is 20.2 Å². The molecule has 0 amide bonds. The van der Waals surface area contributed by atoms with Gasteiger partial charge in [-0.25, -0.2) is 4.98 Å². The SMILES string of the molecule is CN1CCC[C@H]1COc1ccc(-c2cccc([N+](=O)[O-])c2)cn1. The predicted molar refractivity (Wildman–Crippen MR) is 87.5 cm³/mol. The normalized spacial score (nSPS) is 18.0. The molecular weight excluding hydrogens is 294 g/mol. The van der Waals surface area contributed by atoms with E-state index < -0.39 is 4.92 Å². The lowest BCUT2D eigenvalue weighted by Crippen LogP contribution is -2.30. The molecular formula is C17H19N3O3. The van der Waals surface area contributed by atoms with Crippen molar-refractivity contribution in [1.29, 1.82) is 0 Å². The van der Waals surface area contributed by atoms with E-state index in [4.69, 9.17) is 4.74 Å². The highest BCUT2D eigenvalue weighted by molar-refractivity contribution is 5.65. The Hall–Kier alpha value is -2.47. The molecule has 0 bridgehead atoms. The van der Waals surface area contributed by atoms with Gasteiger partial charge < -0.3 is 9.64 Å². The van der Waals surface area contributed by atoms with Crippen LogP contribution in [-0.4, -0.2) is 41.0 Å². The number of benzene rings is 1. The summed E-state index contributed by atoms with van der Waals surface area (Å²) in [5.74, 6) is 0.583. The Balaban J connectivity index is 1.67. The molecule has 2 aromatic rings. The molecule has 2 heterocycles. The minimum absolute atomic E-state index is 0.0760. The molecule has 0 saturated carbocycles. The zero-order valence-electron chi connectivity index (χ0n) is 13.0. The van der Waals surface area contributed by atoms with Crippen LogP contribution in [0.4, 0.5) is 5.69 Å². The lowest BCUT2D eigenvalue weighted by Gasteiger charge is -2.19. The van der Waals surface area contributed by atoms with E-state index in [-0.39, 0.29) is 5.69 Å². The van der Waals surface area contributed by atoms with Crippen molar-refractivity contribution in [1.82, 2.24) is 9.88 Å². The monoisotopic (exact) mass is 313 g/mol. The number of non-ortho nitro benzene ring substituents is 1.